The lowest BCUT2D eigenvalue weighted by Gasteiger charge is -2.32. The second-order valence-electron chi connectivity index (χ2n) is 5.17. The van der Waals surface area contributed by atoms with Crippen LogP contribution in [-0.2, 0) is 0 Å². The van der Waals surface area contributed by atoms with Crippen LogP contribution in [0.3, 0.4) is 0 Å². The second-order valence-corrected chi connectivity index (χ2v) is 5.17. The van der Waals surface area contributed by atoms with Crippen molar-refractivity contribution in [3.63, 3.8) is 0 Å². The summed E-state index contributed by atoms with van der Waals surface area (Å²) in [6.45, 7) is 6.72. The Bertz CT molecular complexity index is 338. The van der Waals surface area contributed by atoms with Gasteiger partial charge in [-0.25, -0.2) is 0 Å². The van der Waals surface area contributed by atoms with Gasteiger partial charge in [-0.2, -0.15) is 0 Å². The van der Waals surface area contributed by atoms with Gasteiger partial charge in [-0.15, -0.1) is 0 Å². The van der Waals surface area contributed by atoms with Crippen LogP contribution in [-0.4, -0.2) is 24.0 Å². The van der Waals surface area contributed by atoms with Gasteiger partial charge in [-0.1, -0.05) is 36.8 Å². The molecule has 1 aromatic rings. The average molecular weight is 232 g/mol. The van der Waals surface area contributed by atoms with Crippen LogP contribution in [0.2, 0.25) is 0 Å². The molecule has 1 heterocycles. The number of aryl methyl sites for hydroxylation is 1. The van der Waals surface area contributed by atoms with Crippen molar-refractivity contribution in [3.05, 3.63) is 35.4 Å². The lowest BCUT2D eigenvalue weighted by Crippen LogP contribution is -2.39. The zero-order valence-electron chi connectivity index (χ0n) is 11.0. The molecular weight excluding hydrogens is 208 g/mol. The Morgan fingerprint density at radius 2 is 1.76 bits per heavy atom. The van der Waals surface area contributed by atoms with Crippen molar-refractivity contribution in [1.82, 2.24) is 4.90 Å². The highest BCUT2D eigenvalue weighted by Crippen LogP contribution is 2.28. The highest BCUT2D eigenvalue weighted by molar-refractivity contribution is 5.25. The third kappa shape index (κ3) is 2.88. The van der Waals surface area contributed by atoms with E-state index in [2.05, 4.69) is 43.0 Å². The fourth-order valence-corrected chi connectivity index (χ4v) is 2.74. The van der Waals surface area contributed by atoms with Crippen LogP contribution in [0, 0.1) is 6.92 Å². The molecule has 0 saturated carbocycles. The van der Waals surface area contributed by atoms with Crippen molar-refractivity contribution in [2.45, 2.75) is 45.2 Å². The minimum absolute atomic E-state index is 0.246. The molecule has 0 amide bonds. The maximum absolute atomic E-state index is 6.33. The molecule has 2 rings (SSSR count). The summed E-state index contributed by atoms with van der Waals surface area (Å²) in [7, 11) is 0. The lowest BCUT2D eigenvalue weighted by molar-refractivity contribution is 0.209. The SMILES string of the molecule is CCC(N)C(c1ccc(C)cc1)N1CCCC1. The first-order valence-electron chi connectivity index (χ1n) is 6.78. The Labute approximate surface area is 105 Å². The monoisotopic (exact) mass is 232 g/mol. The standard InChI is InChI=1S/C15H24N2/c1-3-14(16)15(17-10-4-5-11-17)13-8-6-12(2)7-9-13/h6-9,14-15H,3-5,10-11,16H2,1-2H3. The third-order valence-electron chi connectivity index (χ3n) is 3.83. The van der Waals surface area contributed by atoms with E-state index in [9.17, 15) is 0 Å². The van der Waals surface area contributed by atoms with E-state index in [1.165, 1.54) is 37.1 Å². The molecule has 2 heteroatoms. The van der Waals surface area contributed by atoms with E-state index in [4.69, 9.17) is 5.73 Å². The first-order chi connectivity index (χ1) is 8.22. The Kier molecular flexibility index (Phi) is 4.19. The van der Waals surface area contributed by atoms with Gasteiger partial charge in [0.15, 0.2) is 0 Å². The van der Waals surface area contributed by atoms with E-state index in [0.717, 1.165) is 6.42 Å². The van der Waals surface area contributed by atoms with Crippen molar-refractivity contribution >= 4 is 0 Å². The zero-order valence-corrected chi connectivity index (χ0v) is 11.0. The normalized spacial score (nSPS) is 20.4. The number of nitrogens with two attached hydrogens (primary N) is 1. The largest absolute Gasteiger partial charge is 0.326 e. The van der Waals surface area contributed by atoms with E-state index in [1.54, 1.807) is 0 Å². The van der Waals surface area contributed by atoms with Crippen LogP contribution in [0.1, 0.15) is 43.4 Å². The maximum Gasteiger partial charge on any atom is 0.0499 e. The molecule has 17 heavy (non-hydrogen) atoms. The summed E-state index contributed by atoms with van der Waals surface area (Å²) < 4.78 is 0. The van der Waals surface area contributed by atoms with Gasteiger partial charge in [0.05, 0.1) is 0 Å². The van der Waals surface area contributed by atoms with E-state index in [1.807, 2.05) is 0 Å². The molecule has 2 atom stereocenters. The minimum Gasteiger partial charge on any atom is -0.326 e. The number of benzene rings is 1. The predicted octanol–water partition coefficient (Wildman–Crippen LogP) is 2.87. The van der Waals surface area contributed by atoms with Crippen LogP contribution < -0.4 is 5.73 Å². The molecule has 0 radical (unpaired) electrons. The summed E-state index contributed by atoms with van der Waals surface area (Å²) in [5.41, 5.74) is 9.03. The van der Waals surface area contributed by atoms with Crippen molar-refractivity contribution in [3.8, 4) is 0 Å². The molecule has 0 spiro atoms. The Balaban J connectivity index is 2.22. The van der Waals surface area contributed by atoms with E-state index in [-0.39, 0.29) is 6.04 Å². The smallest absolute Gasteiger partial charge is 0.0499 e. The van der Waals surface area contributed by atoms with Crippen LogP contribution in [0.15, 0.2) is 24.3 Å². The van der Waals surface area contributed by atoms with Gasteiger partial charge in [0.1, 0.15) is 0 Å². The topological polar surface area (TPSA) is 29.3 Å². The van der Waals surface area contributed by atoms with Gasteiger partial charge in [-0.05, 0) is 44.8 Å². The van der Waals surface area contributed by atoms with Crippen LogP contribution in [0.25, 0.3) is 0 Å². The molecule has 1 aliphatic rings. The third-order valence-corrected chi connectivity index (χ3v) is 3.83. The molecule has 2 unspecified atom stereocenters. The Morgan fingerprint density at radius 1 is 1.18 bits per heavy atom. The highest BCUT2D eigenvalue weighted by atomic mass is 15.2. The molecule has 1 saturated heterocycles. The molecule has 2 N–H and O–H groups in total. The molecule has 0 aromatic heterocycles. The van der Waals surface area contributed by atoms with Crippen LogP contribution in [0.4, 0.5) is 0 Å². The van der Waals surface area contributed by atoms with Gasteiger partial charge in [-0.3, -0.25) is 4.90 Å². The highest BCUT2D eigenvalue weighted by Gasteiger charge is 2.27. The number of likely N-dealkylation sites (tertiary alicyclic amines) is 1. The fraction of sp³-hybridized carbons (Fsp3) is 0.600. The first kappa shape index (κ1) is 12.6. The van der Waals surface area contributed by atoms with Crippen molar-refractivity contribution in [2.75, 3.05) is 13.1 Å². The van der Waals surface area contributed by atoms with Crippen molar-refractivity contribution < 1.29 is 0 Å². The molecular formula is C15H24N2. The van der Waals surface area contributed by atoms with Gasteiger partial charge < -0.3 is 5.73 Å². The molecule has 1 fully saturated rings. The first-order valence-corrected chi connectivity index (χ1v) is 6.78. The minimum atomic E-state index is 0.246. The van der Waals surface area contributed by atoms with Gasteiger partial charge in [0.2, 0.25) is 0 Å². The zero-order chi connectivity index (χ0) is 12.3. The molecule has 0 bridgehead atoms. The van der Waals surface area contributed by atoms with Crippen molar-refractivity contribution in [2.24, 2.45) is 5.73 Å². The van der Waals surface area contributed by atoms with Gasteiger partial charge >= 0.3 is 0 Å². The van der Waals surface area contributed by atoms with Crippen LogP contribution >= 0.6 is 0 Å². The number of nitrogens with zero attached hydrogens (tertiary/aromatic N) is 1. The summed E-state index contributed by atoms with van der Waals surface area (Å²) in [5.74, 6) is 0. The molecule has 2 nitrogen and oxygen atoms in total. The Hall–Kier alpha value is -0.860. The summed E-state index contributed by atoms with van der Waals surface area (Å²) in [6, 6.07) is 9.53. The predicted molar refractivity (Wildman–Crippen MR) is 73.0 cm³/mol. The van der Waals surface area contributed by atoms with E-state index in [0.29, 0.717) is 6.04 Å². The quantitative estimate of drug-likeness (QED) is 0.865. The Morgan fingerprint density at radius 3 is 2.29 bits per heavy atom. The number of hydrogen-bond donors (Lipinski definition) is 1. The fourth-order valence-electron chi connectivity index (χ4n) is 2.74. The summed E-state index contributed by atoms with van der Waals surface area (Å²) in [5, 5.41) is 0. The van der Waals surface area contributed by atoms with E-state index < -0.39 is 0 Å². The second kappa shape index (κ2) is 5.65. The number of rotatable bonds is 4. The van der Waals surface area contributed by atoms with Crippen molar-refractivity contribution in [1.29, 1.82) is 0 Å². The number of hydrogen-bond acceptors (Lipinski definition) is 2. The van der Waals surface area contributed by atoms with Crippen LogP contribution in [0.5, 0.6) is 0 Å². The van der Waals surface area contributed by atoms with E-state index >= 15 is 0 Å². The molecule has 1 aliphatic heterocycles. The maximum atomic E-state index is 6.33. The summed E-state index contributed by atoms with van der Waals surface area (Å²) in [6.07, 6.45) is 3.67. The van der Waals surface area contributed by atoms with Gasteiger partial charge in [0, 0.05) is 12.1 Å². The lowest BCUT2D eigenvalue weighted by atomic mass is 9.96. The summed E-state index contributed by atoms with van der Waals surface area (Å²) in [4.78, 5) is 2.55. The molecule has 1 aromatic carbocycles. The average Bonchev–Trinajstić information content (AvgIpc) is 2.85. The van der Waals surface area contributed by atoms with Gasteiger partial charge in [0.25, 0.3) is 0 Å². The molecule has 0 aliphatic carbocycles. The molecule has 94 valence electrons. The summed E-state index contributed by atoms with van der Waals surface area (Å²) >= 11 is 0.